The molecular formula is C81H100O12. The fourth-order valence-corrected chi connectivity index (χ4v) is 12.9. The first-order valence-electron chi connectivity index (χ1n) is 34.7. The van der Waals surface area contributed by atoms with Gasteiger partial charge in [-0.3, -0.25) is 9.59 Å². The second-order valence-corrected chi connectivity index (χ2v) is 26.5. The Balaban J connectivity index is 0.718. The molecule has 12 heteroatoms. The van der Waals surface area contributed by atoms with Gasteiger partial charge in [0.25, 0.3) is 0 Å². The highest BCUT2D eigenvalue weighted by atomic mass is 16.5. The predicted molar refractivity (Wildman–Crippen MR) is 371 cm³/mol. The van der Waals surface area contributed by atoms with Crippen LogP contribution in [0.1, 0.15) is 233 Å². The Kier molecular flexibility index (Phi) is 26.9. The van der Waals surface area contributed by atoms with Crippen molar-refractivity contribution in [2.24, 2.45) is 10.8 Å². The van der Waals surface area contributed by atoms with Gasteiger partial charge in [0, 0.05) is 22.9 Å². The van der Waals surface area contributed by atoms with Crippen molar-refractivity contribution in [3.05, 3.63) is 178 Å². The lowest BCUT2D eigenvalue weighted by atomic mass is 9.70. The second-order valence-electron chi connectivity index (χ2n) is 26.5. The van der Waals surface area contributed by atoms with Gasteiger partial charge >= 0.3 is 29.5 Å². The average Bonchev–Trinajstić information content (AvgIpc) is 1.57. The molecule has 496 valence electrons. The first kappa shape index (κ1) is 70.9. The molecule has 1 unspecified atom stereocenters. The van der Waals surface area contributed by atoms with Gasteiger partial charge in [-0.25, -0.2) is 14.4 Å². The minimum absolute atomic E-state index is 0.176. The molecule has 0 aliphatic heterocycles. The lowest BCUT2D eigenvalue weighted by molar-refractivity contribution is -0.163. The summed E-state index contributed by atoms with van der Waals surface area (Å²) in [5, 5.41) is 0.722. The molecule has 0 fully saturated rings. The molecule has 1 aliphatic rings. The van der Waals surface area contributed by atoms with Gasteiger partial charge in [-0.1, -0.05) is 146 Å². The highest BCUT2D eigenvalue weighted by Gasteiger charge is 2.44. The fourth-order valence-electron chi connectivity index (χ4n) is 12.9. The molecule has 0 saturated heterocycles. The molecule has 93 heavy (non-hydrogen) atoms. The van der Waals surface area contributed by atoms with Crippen LogP contribution in [0.3, 0.4) is 0 Å². The molecule has 0 saturated carbocycles. The van der Waals surface area contributed by atoms with E-state index in [-0.39, 0.29) is 23.1 Å². The summed E-state index contributed by atoms with van der Waals surface area (Å²) in [4.78, 5) is 65.0. The van der Waals surface area contributed by atoms with Gasteiger partial charge in [-0.05, 0) is 223 Å². The zero-order valence-electron chi connectivity index (χ0n) is 56.5. The van der Waals surface area contributed by atoms with E-state index in [1.807, 2.05) is 45.9 Å². The summed E-state index contributed by atoms with van der Waals surface area (Å²) >= 11 is 0. The van der Waals surface area contributed by atoms with Crippen LogP contribution in [0.25, 0.3) is 33.2 Å². The monoisotopic (exact) mass is 1260 g/mol. The van der Waals surface area contributed by atoms with Gasteiger partial charge in [-0.2, -0.15) is 0 Å². The Labute approximate surface area is 552 Å². The van der Waals surface area contributed by atoms with Crippen LogP contribution in [0.15, 0.2) is 149 Å². The van der Waals surface area contributed by atoms with Crippen molar-refractivity contribution in [3.8, 4) is 45.3 Å². The van der Waals surface area contributed by atoms with Crippen LogP contribution in [-0.2, 0) is 24.5 Å². The zero-order chi connectivity index (χ0) is 66.1. The van der Waals surface area contributed by atoms with E-state index in [0.29, 0.717) is 86.1 Å². The summed E-state index contributed by atoms with van der Waals surface area (Å²) in [6.45, 7) is 15.8. The van der Waals surface area contributed by atoms with Crippen LogP contribution in [0.5, 0.6) is 23.0 Å². The Morgan fingerprint density at radius 1 is 0.441 bits per heavy atom. The third-order valence-corrected chi connectivity index (χ3v) is 18.6. The summed E-state index contributed by atoms with van der Waals surface area (Å²) in [5.74, 6) is 0.575. The van der Waals surface area contributed by atoms with Crippen LogP contribution in [0, 0.1) is 17.8 Å². The Hall–Kier alpha value is -7.99. The van der Waals surface area contributed by atoms with E-state index in [9.17, 15) is 24.0 Å². The largest absolute Gasteiger partial charge is 0.494 e. The maximum absolute atomic E-state index is 13.8. The predicted octanol–water partition coefficient (Wildman–Crippen LogP) is 20.5. The number of carbonyl (C=O) groups is 4. The third kappa shape index (κ3) is 20.3. The zero-order valence-corrected chi connectivity index (χ0v) is 56.5. The van der Waals surface area contributed by atoms with Crippen molar-refractivity contribution in [1.29, 1.82) is 0 Å². The molecule has 1 aromatic heterocycles. The van der Waals surface area contributed by atoms with Crippen LogP contribution < -0.4 is 24.6 Å². The van der Waals surface area contributed by atoms with Crippen molar-refractivity contribution in [2.45, 2.75) is 208 Å². The van der Waals surface area contributed by atoms with Crippen molar-refractivity contribution < 1.29 is 52.0 Å². The molecule has 12 nitrogen and oxygen atoms in total. The van der Waals surface area contributed by atoms with Gasteiger partial charge < -0.3 is 32.8 Å². The highest BCUT2D eigenvalue weighted by Crippen LogP contribution is 2.56. The van der Waals surface area contributed by atoms with E-state index in [1.165, 1.54) is 115 Å². The number of ether oxygens (including phenoxy) is 6. The minimum atomic E-state index is -0.887. The number of hydrogen-bond acceptors (Lipinski definition) is 12. The molecule has 0 spiro atoms. The summed E-state index contributed by atoms with van der Waals surface area (Å²) in [6, 6.07) is 44.0. The number of aryl methyl sites for hydroxylation is 1. The summed E-state index contributed by atoms with van der Waals surface area (Å²) in [6.07, 6.45) is 24.4. The molecule has 1 atom stereocenters. The van der Waals surface area contributed by atoms with Gasteiger partial charge in [0.2, 0.25) is 0 Å². The van der Waals surface area contributed by atoms with E-state index in [2.05, 4.69) is 75.4 Å². The van der Waals surface area contributed by atoms with Crippen molar-refractivity contribution >= 4 is 34.8 Å². The first-order chi connectivity index (χ1) is 45.0. The molecule has 1 aliphatic carbocycles. The third-order valence-electron chi connectivity index (χ3n) is 18.6. The van der Waals surface area contributed by atoms with E-state index >= 15 is 0 Å². The normalized spacial score (nSPS) is 13.0. The number of fused-ring (bicyclic) bond motifs is 4. The maximum Gasteiger partial charge on any atom is 0.343 e. The molecule has 7 aromatic rings. The fraction of sp³-hybridized carbons (Fsp3) is 0.469. The number of unbranched alkanes of at least 4 members (excludes halogenated alkanes) is 16. The van der Waals surface area contributed by atoms with Crippen LogP contribution in [-0.4, -0.2) is 50.3 Å². The van der Waals surface area contributed by atoms with E-state index in [1.54, 1.807) is 54.6 Å². The maximum atomic E-state index is 13.8. The molecule has 0 radical (unpaired) electrons. The van der Waals surface area contributed by atoms with Gasteiger partial charge in [0.15, 0.2) is 0 Å². The van der Waals surface area contributed by atoms with Gasteiger partial charge in [-0.15, -0.1) is 0 Å². The van der Waals surface area contributed by atoms with Gasteiger partial charge in [0.05, 0.1) is 48.4 Å². The molecule has 8 rings (SSSR count). The number of carbonyl (C=O) groups excluding carboxylic acids is 4. The average molecular weight is 1270 g/mol. The van der Waals surface area contributed by atoms with Crippen molar-refractivity contribution in [3.63, 3.8) is 0 Å². The van der Waals surface area contributed by atoms with Crippen LogP contribution in [0.2, 0.25) is 0 Å². The van der Waals surface area contributed by atoms with Crippen LogP contribution >= 0.6 is 0 Å². The van der Waals surface area contributed by atoms with Crippen LogP contribution in [0.4, 0.5) is 0 Å². The molecular weight excluding hydrogens is 1160 g/mol. The molecule has 0 amide bonds. The Bertz CT molecular complexity index is 3560. The Morgan fingerprint density at radius 3 is 1.43 bits per heavy atom. The van der Waals surface area contributed by atoms with E-state index < -0.39 is 28.4 Å². The first-order valence-corrected chi connectivity index (χ1v) is 34.7. The lowest BCUT2D eigenvalue weighted by Gasteiger charge is -2.33. The Morgan fingerprint density at radius 2 is 0.882 bits per heavy atom. The lowest BCUT2D eigenvalue weighted by Crippen LogP contribution is -2.38. The number of benzene rings is 6. The quantitative estimate of drug-likeness (QED) is 0.0155. The highest BCUT2D eigenvalue weighted by molar-refractivity contribution is 5.93. The molecule has 0 N–H and O–H groups in total. The molecule has 0 bridgehead atoms. The molecule has 6 aromatic carbocycles. The number of hydrogen-bond donors (Lipinski definition) is 0. The number of rotatable bonds is 40. The SMILES string of the molecule is CCCCCCCCC1(CCCCCCCC)c2cc(OC(=O)c3ccc(OCCCCCCOC(=O)C(C)(C)CC(C)(CC)C(=O)OCCCCCCOc4ccc(C(=O)Oc5ccc6ccc(=O)oc6c5)cc4)cc3)ccc2-c2ccc(-c3ccc(C)cc3)cc21. The topological polar surface area (TPSA) is 154 Å². The van der Waals surface area contributed by atoms with E-state index in [0.717, 1.165) is 69.6 Å². The molecule has 1 heterocycles. The smallest absolute Gasteiger partial charge is 0.343 e. The summed E-state index contributed by atoms with van der Waals surface area (Å²) < 4.78 is 40.4. The second kappa shape index (κ2) is 35.3. The van der Waals surface area contributed by atoms with Gasteiger partial charge in [0.1, 0.15) is 28.6 Å². The van der Waals surface area contributed by atoms with Crippen molar-refractivity contribution in [2.75, 3.05) is 26.4 Å². The van der Waals surface area contributed by atoms with E-state index in [4.69, 9.17) is 32.8 Å². The summed E-state index contributed by atoms with van der Waals surface area (Å²) in [5.41, 5.74) is 7.75. The summed E-state index contributed by atoms with van der Waals surface area (Å²) in [7, 11) is 0. The standard InChI is InChI=1S/C81H100O12/c1-8-11-13-15-17-23-49-81(50-24-18-16-14-12-9-2)71-55-64(60-31-29-59(4)30-32-60)38-46-69(71)70-47-45-67(56-72(70)81)91-75(83)62-34-40-65(41-35-62)87-51-25-19-21-27-53-89-77(85)79(5,6)58-80(7,10-3)78(86)90-54-28-22-20-26-52-88-66-42-36-63(37-43-66)76(84)92-68-44-33-61-39-48-74(82)93-73(61)57-68/h29-48,55-57H,8-28,49-54,58H2,1-7H3. The van der Waals surface area contributed by atoms with Crippen molar-refractivity contribution in [1.82, 2.24) is 0 Å². The minimum Gasteiger partial charge on any atom is -0.494 e. The number of esters is 4.